The number of primary amides is 1. The number of hydrogen-bond acceptors (Lipinski definition) is 4. The molecule has 17 heavy (non-hydrogen) atoms. The number of amides is 1. The van der Waals surface area contributed by atoms with Crippen LogP contribution in [0.15, 0.2) is 24.3 Å². The minimum atomic E-state index is -0.634. The van der Waals surface area contributed by atoms with E-state index in [1.54, 1.807) is 7.11 Å². The monoisotopic (exact) mass is 237 g/mol. The molecule has 1 amide bonds. The molecule has 5 nitrogen and oxygen atoms in total. The predicted molar refractivity (Wildman–Crippen MR) is 66.5 cm³/mol. The summed E-state index contributed by atoms with van der Waals surface area (Å²) in [6.45, 7) is 1.13. The van der Waals surface area contributed by atoms with Crippen molar-refractivity contribution in [2.45, 2.75) is 12.6 Å². The third kappa shape index (κ3) is 4.42. The van der Waals surface area contributed by atoms with E-state index in [-0.39, 0.29) is 0 Å². The molecule has 94 valence electrons. The van der Waals surface area contributed by atoms with Crippen LogP contribution in [0.5, 0.6) is 5.75 Å². The fourth-order valence-corrected chi connectivity index (χ4v) is 1.57. The van der Waals surface area contributed by atoms with Crippen molar-refractivity contribution < 1.29 is 9.53 Å². The van der Waals surface area contributed by atoms with Gasteiger partial charge in [0.25, 0.3) is 0 Å². The van der Waals surface area contributed by atoms with Crippen molar-refractivity contribution in [3.8, 4) is 5.75 Å². The van der Waals surface area contributed by atoms with Crippen molar-refractivity contribution in [1.82, 2.24) is 4.90 Å². The number of carbonyl (C=O) groups excluding carboxylic acids is 1. The Bertz CT molecular complexity index is 382. The fourth-order valence-electron chi connectivity index (χ4n) is 1.57. The molecule has 1 atom stereocenters. The van der Waals surface area contributed by atoms with Crippen molar-refractivity contribution in [2.75, 3.05) is 20.7 Å². The molecule has 0 radical (unpaired) electrons. The maximum Gasteiger partial charge on any atom is 0.235 e. The second kappa shape index (κ2) is 6.22. The lowest BCUT2D eigenvalue weighted by Gasteiger charge is -2.19. The fraction of sp³-hybridized carbons (Fsp3) is 0.417. The molecule has 1 unspecified atom stereocenters. The van der Waals surface area contributed by atoms with Crippen LogP contribution < -0.4 is 16.2 Å². The van der Waals surface area contributed by atoms with Crippen LogP contribution in [0.3, 0.4) is 0 Å². The van der Waals surface area contributed by atoms with E-state index in [9.17, 15) is 4.79 Å². The van der Waals surface area contributed by atoms with Gasteiger partial charge >= 0.3 is 0 Å². The van der Waals surface area contributed by atoms with Crippen molar-refractivity contribution in [1.29, 1.82) is 0 Å². The van der Waals surface area contributed by atoms with Gasteiger partial charge in [-0.3, -0.25) is 4.79 Å². The van der Waals surface area contributed by atoms with E-state index in [1.807, 2.05) is 36.2 Å². The lowest BCUT2D eigenvalue weighted by molar-refractivity contribution is -0.119. The molecule has 0 saturated carbocycles. The highest BCUT2D eigenvalue weighted by atomic mass is 16.5. The summed E-state index contributed by atoms with van der Waals surface area (Å²) in [5, 5.41) is 0. The number of ether oxygens (including phenoxy) is 1. The van der Waals surface area contributed by atoms with E-state index in [2.05, 4.69) is 0 Å². The molecule has 1 rings (SSSR count). The number of benzene rings is 1. The maximum atomic E-state index is 10.8. The number of carbonyl (C=O) groups is 1. The standard InChI is InChI=1S/C12H19N3O2/c1-15(8-11(13)12(14)16)7-9-4-3-5-10(6-9)17-2/h3-6,11H,7-8,13H2,1-2H3,(H2,14,16). The Labute approximate surface area is 101 Å². The highest BCUT2D eigenvalue weighted by molar-refractivity contribution is 5.79. The Morgan fingerprint density at radius 1 is 1.53 bits per heavy atom. The average Bonchev–Trinajstić information content (AvgIpc) is 2.28. The van der Waals surface area contributed by atoms with E-state index >= 15 is 0 Å². The molecule has 0 aliphatic rings. The van der Waals surface area contributed by atoms with E-state index < -0.39 is 11.9 Å². The predicted octanol–water partition coefficient (Wildman–Crippen LogP) is -0.0604. The van der Waals surface area contributed by atoms with Gasteiger partial charge in [-0.25, -0.2) is 0 Å². The molecule has 0 aliphatic heterocycles. The first-order chi connectivity index (χ1) is 8.02. The van der Waals surface area contributed by atoms with Crippen molar-refractivity contribution in [2.24, 2.45) is 11.5 Å². The van der Waals surface area contributed by atoms with Gasteiger partial charge in [-0.1, -0.05) is 12.1 Å². The Kier molecular flexibility index (Phi) is 4.93. The van der Waals surface area contributed by atoms with Gasteiger partial charge in [0, 0.05) is 13.1 Å². The minimum Gasteiger partial charge on any atom is -0.497 e. The molecule has 0 heterocycles. The van der Waals surface area contributed by atoms with Gasteiger partial charge in [-0.2, -0.15) is 0 Å². The van der Waals surface area contributed by atoms with Crippen LogP contribution in [0.2, 0.25) is 0 Å². The third-order valence-electron chi connectivity index (χ3n) is 2.46. The molecule has 1 aromatic carbocycles. The summed E-state index contributed by atoms with van der Waals surface area (Å²) < 4.78 is 5.14. The second-order valence-electron chi connectivity index (χ2n) is 4.06. The topological polar surface area (TPSA) is 81.6 Å². The van der Waals surface area contributed by atoms with Crippen molar-refractivity contribution in [3.05, 3.63) is 29.8 Å². The van der Waals surface area contributed by atoms with Crippen LogP contribution in [0, 0.1) is 0 Å². The van der Waals surface area contributed by atoms with Crippen LogP contribution in [0.25, 0.3) is 0 Å². The quantitative estimate of drug-likeness (QED) is 0.726. The zero-order valence-electron chi connectivity index (χ0n) is 10.2. The zero-order valence-corrected chi connectivity index (χ0v) is 10.2. The second-order valence-corrected chi connectivity index (χ2v) is 4.06. The SMILES string of the molecule is COc1cccc(CN(C)CC(N)C(N)=O)c1. The van der Waals surface area contributed by atoms with Gasteiger partial charge in [0.1, 0.15) is 5.75 Å². The van der Waals surface area contributed by atoms with Crippen molar-refractivity contribution in [3.63, 3.8) is 0 Å². The number of nitrogens with zero attached hydrogens (tertiary/aromatic N) is 1. The summed E-state index contributed by atoms with van der Waals surface area (Å²) in [4.78, 5) is 12.8. The molecular weight excluding hydrogens is 218 g/mol. The first kappa shape index (κ1) is 13.5. The lowest BCUT2D eigenvalue weighted by Crippen LogP contribution is -2.44. The highest BCUT2D eigenvalue weighted by Gasteiger charge is 2.12. The first-order valence-electron chi connectivity index (χ1n) is 5.39. The molecule has 4 N–H and O–H groups in total. The van der Waals surface area contributed by atoms with Crippen LogP contribution >= 0.6 is 0 Å². The molecule has 0 fully saturated rings. The number of nitrogens with two attached hydrogens (primary N) is 2. The Balaban J connectivity index is 2.55. The van der Waals surface area contributed by atoms with Crippen LogP contribution in [-0.2, 0) is 11.3 Å². The summed E-state index contributed by atoms with van der Waals surface area (Å²) in [6, 6.07) is 7.13. The van der Waals surface area contributed by atoms with Gasteiger partial charge in [0.05, 0.1) is 13.2 Å². The molecule has 0 aromatic heterocycles. The molecule has 1 aromatic rings. The van der Waals surface area contributed by atoms with Gasteiger partial charge in [-0.05, 0) is 24.7 Å². The summed E-state index contributed by atoms with van der Waals surface area (Å²) in [6.07, 6.45) is 0. The lowest BCUT2D eigenvalue weighted by atomic mass is 10.2. The van der Waals surface area contributed by atoms with E-state index in [1.165, 1.54) is 0 Å². The Morgan fingerprint density at radius 2 is 2.24 bits per heavy atom. The first-order valence-corrected chi connectivity index (χ1v) is 5.39. The van der Waals surface area contributed by atoms with Gasteiger partial charge in [0.2, 0.25) is 5.91 Å². The van der Waals surface area contributed by atoms with Crippen LogP contribution in [0.1, 0.15) is 5.56 Å². The largest absolute Gasteiger partial charge is 0.497 e. The minimum absolute atomic E-state index is 0.437. The molecule has 5 heteroatoms. The average molecular weight is 237 g/mol. The van der Waals surface area contributed by atoms with Gasteiger partial charge in [0.15, 0.2) is 0 Å². The third-order valence-corrected chi connectivity index (χ3v) is 2.46. The summed E-state index contributed by atoms with van der Waals surface area (Å²) in [5.41, 5.74) is 11.8. The van der Waals surface area contributed by atoms with E-state index in [0.29, 0.717) is 13.1 Å². The van der Waals surface area contributed by atoms with Gasteiger partial charge in [-0.15, -0.1) is 0 Å². The summed E-state index contributed by atoms with van der Waals surface area (Å²) in [5.74, 6) is 0.331. The maximum absolute atomic E-state index is 10.8. The van der Waals surface area contributed by atoms with Crippen LogP contribution in [0.4, 0.5) is 0 Å². The van der Waals surface area contributed by atoms with Crippen LogP contribution in [-0.4, -0.2) is 37.6 Å². The number of likely N-dealkylation sites (N-methyl/N-ethyl adjacent to an activating group) is 1. The summed E-state index contributed by atoms with van der Waals surface area (Å²) in [7, 11) is 3.52. The smallest absolute Gasteiger partial charge is 0.235 e. The van der Waals surface area contributed by atoms with E-state index in [4.69, 9.17) is 16.2 Å². The zero-order chi connectivity index (χ0) is 12.8. The summed E-state index contributed by atoms with van der Waals surface area (Å²) >= 11 is 0. The van der Waals surface area contributed by atoms with Crippen molar-refractivity contribution >= 4 is 5.91 Å². The highest BCUT2D eigenvalue weighted by Crippen LogP contribution is 2.13. The Hall–Kier alpha value is -1.59. The normalized spacial score (nSPS) is 12.5. The molecule has 0 spiro atoms. The number of methoxy groups -OCH3 is 1. The molecular formula is C12H19N3O2. The number of hydrogen-bond donors (Lipinski definition) is 2. The molecule has 0 saturated heterocycles. The number of rotatable bonds is 6. The van der Waals surface area contributed by atoms with Gasteiger partial charge < -0.3 is 21.1 Å². The molecule has 0 bridgehead atoms. The van der Waals surface area contributed by atoms with E-state index in [0.717, 1.165) is 11.3 Å². The molecule has 0 aliphatic carbocycles. The Morgan fingerprint density at radius 3 is 2.82 bits per heavy atom.